The molecule has 0 unspecified atom stereocenters. The number of aromatic nitrogens is 3. The molecule has 0 aliphatic heterocycles. The smallest absolute Gasteiger partial charge is 0.341 e. The van der Waals surface area contributed by atoms with E-state index >= 15 is 0 Å². The number of carbonyl (C=O) groups is 2. The van der Waals surface area contributed by atoms with Crippen molar-refractivity contribution in [2.45, 2.75) is 25.5 Å². The lowest BCUT2D eigenvalue weighted by Gasteiger charge is -2.08. The second-order valence-corrected chi connectivity index (χ2v) is 7.64. The number of furan rings is 1. The van der Waals surface area contributed by atoms with E-state index in [4.69, 9.17) is 9.15 Å². The zero-order valence-corrected chi connectivity index (χ0v) is 17.6. The molecule has 29 heavy (non-hydrogen) atoms. The van der Waals surface area contributed by atoms with Crippen LogP contribution >= 0.6 is 23.1 Å². The molecule has 0 aromatic carbocycles. The summed E-state index contributed by atoms with van der Waals surface area (Å²) in [6.07, 6.45) is 3.27. The predicted molar refractivity (Wildman–Crippen MR) is 112 cm³/mol. The topological polar surface area (TPSA) is 99.3 Å². The third-order valence-corrected chi connectivity index (χ3v) is 5.72. The van der Waals surface area contributed by atoms with Crippen LogP contribution in [0.5, 0.6) is 0 Å². The van der Waals surface area contributed by atoms with Crippen LogP contribution < -0.4 is 5.32 Å². The van der Waals surface area contributed by atoms with Gasteiger partial charge in [0.25, 0.3) is 0 Å². The van der Waals surface area contributed by atoms with Gasteiger partial charge < -0.3 is 19.0 Å². The highest BCUT2D eigenvalue weighted by molar-refractivity contribution is 7.99. The molecule has 3 aromatic heterocycles. The largest absolute Gasteiger partial charge is 0.464 e. The Morgan fingerprint density at radius 2 is 2.28 bits per heavy atom. The Morgan fingerprint density at radius 3 is 2.97 bits per heavy atom. The number of hydrogen-bond donors (Lipinski definition) is 1. The van der Waals surface area contributed by atoms with E-state index in [-0.39, 0.29) is 23.8 Å². The van der Waals surface area contributed by atoms with Crippen LogP contribution in [-0.2, 0) is 16.1 Å². The number of anilines is 1. The van der Waals surface area contributed by atoms with Crippen molar-refractivity contribution in [3.8, 4) is 11.3 Å². The molecule has 0 aliphatic carbocycles. The second-order valence-electron chi connectivity index (χ2n) is 5.82. The minimum absolute atomic E-state index is 0.117. The van der Waals surface area contributed by atoms with Crippen molar-refractivity contribution < 1.29 is 18.7 Å². The molecule has 0 spiro atoms. The first-order valence-corrected chi connectivity index (χ1v) is 10.7. The van der Waals surface area contributed by atoms with E-state index in [1.165, 1.54) is 29.4 Å². The van der Waals surface area contributed by atoms with Gasteiger partial charge in [-0.3, -0.25) is 4.79 Å². The van der Waals surface area contributed by atoms with E-state index in [0.717, 1.165) is 5.82 Å². The van der Waals surface area contributed by atoms with Crippen LogP contribution in [0.1, 0.15) is 23.1 Å². The number of amides is 1. The van der Waals surface area contributed by atoms with Gasteiger partial charge in [-0.1, -0.05) is 17.8 Å². The molecule has 1 amide bonds. The van der Waals surface area contributed by atoms with Gasteiger partial charge in [0.15, 0.2) is 5.16 Å². The van der Waals surface area contributed by atoms with Crippen LogP contribution in [0.4, 0.5) is 5.00 Å². The number of nitrogens with one attached hydrogen (secondary N) is 1. The van der Waals surface area contributed by atoms with Gasteiger partial charge in [0.2, 0.25) is 5.91 Å². The summed E-state index contributed by atoms with van der Waals surface area (Å²) in [5, 5.41) is 13.7. The molecule has 10 heteroatoms. The quantitative estimate of drug-likeness (QED) is 0.310. The first-order valence-electron chi connectivity index (χ1n) is 8.81. The molecular weight excluding hydrogens is 412 g/mol. The Kier molecular flexibility index (Phi) is 6.89. The SMILES string of the molecule is C=CCn1c(C)nnc1SCC(=O)Nc1scc(-c2ccco2)c1C(=O)OCC. The van der Waals surface area contributed by atoms with Gasteiger partial charge in [-0.15, -0.1) is 28.1 Å². The van der Waals surface area contributed by atoms with Crippen molar-refractivity contribution in [3.63, 3.8) is 0 Å². The van der Waals surface area contributed by atoms with Crippen molar-refractivity contribution in [2.24, 2.45) is 0 Å². The number of esters is 1. The fraction of sp³-hybridized carbons (Fsp3) is 0.263. The van der Waals surface area contributed by atoms with Crippen molar-refractivity contribution in [1.29, 1.82) is 0 Å². The number of carbonyl (C=O) groups excluding carboxylic acids is 2. The minimum Gasteiger partial charge on any atom is -0.464 e. The molecule has 0 saturated carbocycles. The number of thiophene rings is 1. The summed E-state index contributed by atoms with van der Waals surface area (Å²) in [5.74, 6) is 0.625. The first-order chi connectivity index (χ1) is 14.0. The average molecular weight is 433 g/mol. The van der Waals surface area contributed by atoms with E-state index < -0.39 is 5.97 Å². The molecule has 0 bridgehead atoms. The van der Waals surface area contributed by atoms with Crippen molar-refractivity contribution in [1.82, 2.24) is 14.8 Å². The Morgan fingerprint density at radius 1 is 1.45 bits per heavy atom. The lowest BCUT2D eigenvalue weighted by molar-refractivity contribution is -0.113. The highest BCUT2D eigenvalue weighted by atomic mass is 32.2. The van der Waals surface area contributed by atoms with Crippen molar-refractivity contribution in [2.75, 3.05) is 17.7 Å². The summed E-state index contributed by atoms with van der Waals surface area (Å²) in [4.78, 5) is 25.0. The van der Waals surface area contributed by atoms with Gasteiger partial charge in [0.05, 0.1) is 18.6 Å². The van der Waals surface area contributed by atoms with E-state index in [1.807, 2.05) is 11.5 Å². The maximum atomic E-state index is 12.5. The molecule has 3 aromatic rings. The molecule has 0 fully saturated rings. The maximum Gasteiger partial charge on any atom is 0.341 e. The monoisotopic (exact) mass is 432 g/mol. The third kappa shape index (κ3) is 4.77. The van der Waals surface area contributed by atoms with Gasteiger partial charge in [-0.25, -0.2) is 4.79 Å². The summed E-state index contributed by atoms with van der Waals surface area (Å²) in [5.41, 5.74) is 0.874. The Bertz CT molecular complexity index is 1010. The second kappa shape index (κ2) is 9.57. The van der Waals surface area contributed by atoms with Crippen LogP contribution in [-0.4, -0.2) is 39.0 Å². The number of hydrogen-bond acceptors (Lipinski definition) is 8. The number of thioether (sulfide) groups is 1. The van der Waals surface area contributed by atoms with Crippen LogP contribution in [0.3, 0.4) is 0 Å². The summed E-state index contributed by atoms with van der Waals surface area (Å²) in [6.45, 7) is 8.08. The number of ether oxygens (including phenoxy) is 1. The highest BCUT2D eigenvalue weighted by Gasteiger charge is 2.24. The molecule has 0 atom stereocenters. The molecule has 0 saturated heterocycles. The third-order valence-electron chi connectivity index (χ3n) is 3.86. The molecule has 3 heterocycles. The van der Waals surface area contributed by atoms with E-state index in [0.29, 0.717) is 28.0 Å². The molecule has 3 rings (SSSR count). The first kappa shape index (κ1) is 20.9. The fourth-order valence-corrected chi connectivity index (χ4v) is 4.32. The van der Waals surface area contributed by atoms with E-state index in [1.54, 1.807) is 30.5 Å². The fourth-order valence-electron chi connectivity index (χ4n) is 2.57. The van der Waals surface area contributed by atoms with Crippen LogP contribution in [0, 0.1) is 6.92 Å². The molecule has 1 N–H and O–H groups in total. The molecule has 0 radical (unpaired) electrons. The zero-order chi connectivity index (χ0) is 20.8. The number of nitrogens with zero attached hydrogens (tertiary/aromatic N) is 3. The molecule has 0 aliphatic rings. The Hall–Kier alpha value is -2.85. The Labute approximate surface area is 176 Å². The van der Waals surface area contributed by atoms with Crippen LogP contribution in [0.25, 0.3) is 11.3 Å². The van der Waals surface area contributed by atoms with Crippen LogP contribution in [0.15, 0.2) is 46.0 Å². The normalized spacial score (nSPS) is 10.7. The van der Waals surface area contributed by atoms with Gasteiger partial charge in [-0.2, -0.15) is 0 Å². The lowest BCUT2D eigenvalue weighted by Crippen LogP contribution is -2.16. The lowest BCUT2D eigenvalue weighted by atomic mass is 10.1. The van der Waals surface area contributed by atoms with Gasteiger partial charge in [0.1, 0.15) is 22.1 Å². The van der Waals surface area contributed by atoms with E-state index in [2.05, 4.69) is 22.1 Å². The van der Waals surface area contributed by atoms with Crippen molar-refractivity contribution >= 4 is 40.0 Å². The molecular formula is C19H20N4O4S2. The van der Waals surface area contributed by atoms with Gasteiger partial charge in [-0.05, 0) is 26.0 Å². The van der Waals surface area contributed by atoms with E-state index in [9.17, 15) is 9.59 Å². The molecule has 152 valence electrons. The summed E-state index contributed by atoms with van der Waals surface area (Å²) in [7, 11) is 0. The van der Waals surface area contributed by atoms with Gasteiger partial charge in [0, 0.05) is 17.5 Å². The number of aryl methyl sites for hydroxylation is 1. The Balaban J connectivity index is 1.75. The zero-order valence-electron chi connectivity index (χ0n) is 16.0. The maximum absolute atomic E-state index is 12.5. The highest BCUT2D eigenvalue weighted by Crippen LogP contribution is 2.36. The molecule has 8 nitrogen and oxygen atoms in total. The standard InChI is InChI=1S/C19H20N4O4S2/c1-4-8-23-12(3)21-22-19(23)29-11-15(24)20-17-16(18(25)26-5-2)13(10-28-17)14-7-6-9-27-14/h4,6-7,9-10H,1,5,8,11H2,2-3H3,(H,20,24). The predicted octanol–water partition coefficient (Wildman–Crippen LogP) is 4.00. The number of allylic oxidation sites excluding steroid dienone is 1. The van der Waals surface area contributed by atoms with Gasteiger partial charge >= 0.3 is 5.97 Å². The summed E-state index contributed by atoms with van der Waals surface area (Å²) < 4.78 is 12.4. The van der Waals surface area contributed by atoms with Crippen molar-refractivity contribution in [3.05, 3.63) is 47.8 Å². The number of rotatable bonds is 9. The average Bonchev–Trinajstić information content (AvgIpc) is 3.42. The minimum atomic E-state index is -0.510. The summed E-state index contributed by atoms with van der Waals surface area (Å²) in [6, 6.07) is 3.49. The summed E-state index contributed by atoms with van der Waals surface area (Å²) >= 11 is 2.51. The van der Waals surface area contributed by atoms with Crippen LogP contribution in [0.2, 0.25) is 0 Å².